The largest absolute Gasteiger partial charge is 0.495 e. The molecule has 0 saturated carbocycles. The van der Waals surface area contributed by atoms with Gasteiger partial charge in [-0.15, -0.1) is 0 Å². The van der Waals surface area contributed by atoms with E-state index in [4.69, 9.17) is 4.74 Å². The van der Waals surface area contributed by atoms with Crippen LogP contribution in [-0.4, -0.2) is 50.9 Å². The molecule has 0 atom stereocenters. The summed E-state index contributed by atoms with van der Waals surface area (Å²) in [5.74, 6) is 0.634. The van der Waals surface area contributed by atoms with Gasteiger partial charge in [-0.1, -0.05) is 54.6 Å². The van der Waals surface area contributed by atoms with Crippen molar-refractivity contribution in [2.75, 3.05) is 20.3 Å². The average molecular weight is 510 g/mol. The van der Waals surface area contributed by atoms with Gasteiger partial charge in [0, 0.05) is 55.4 Å². The number of aromatic nitrogens is 3. The number of aliphatic hydroxyl groups is 1. The number of aliphatic hydroxyl groups excluding tert-OH is 1. The molecule has 8 nitrogen and oxygen atoms in total. The Bertz CT molecular complexity index is 1610. The molecule has 5 aromatic rings. The van der Waals surface area contributed by atoms with Crippen LogP contribution in [0.5, 0.6) is 5.75 Å². The van der Waals surface area contributed by atoms with E-state index in [0.29, 0.717) is 25.3 Å². The van der Waals surface area contributed by atoms with Gasteiger partial charge in [0.2, 0.25) is 0 Å². The van der Waals surface area contributed by atoms with Gasteiger partial charge in [-0.3, -0.25) is 14.4 Å². The number of benzene rings is 3. The first-order valence-corrected chi connectivity index (χ1v) is 13.0. The molecule has 2 aromatic heterocycles. The lowest BCUT2D eigenvalue weighted by molar-refractivity contribution is 0.0942. The summed E-state index contributed by atoms with van der Waals surface area (Å²) in [6.45, 7) is 2.98. The maximum Gasteiger partial charge on any atom is 0.272 e. The molecule has 0 saturated heterocycles. The number of amides is 1. The number of hydrogen-bond acceptors (Lipinski definition) is 5. The van der Waals surface area contributed by atoms with Gasteiger partial charge in [0.1, 0.15) is 5.75 Å². The molecule has 1 aliphatic rings. The van der Waals surface area contributed by atoms with Crippen LogP contribution in [0.4, 0.5) is 0 Å². The molecule has 1 aliphatic heterocycles. The highest BCUT2D eigenvalue weighted by molar-refractivity contribution is 5.94. The average Bonchev–Trinajstić information content (AvgIpc) is 3.53. The second kappa shape index (κ2) is 10.3. The van der Waals surface area contributed by atoms with Gasteiger partial charge in [0.15, 0.2) is 5.69 Å². The molecule has 0 unspecified atom stereocenters. The summed E-state index contributed by atoms with van der Waals surface area (Å²) >= 11 is 0. The van der Waals surface area contributed by atoms with Crippen LogP contribution in [-0.2, 0) is 32.6 Å². The Morgan fingerprint density at radius 1 is 1.08 bits per heavy atom. The normalized spacial score (nSPS) is 13.6. The second-order valence-electron chi connectivity index (χ2n) is 9.70. The molecule has 8 heteroatoms. The molecule has 38 heavy (non-hydrogen) atoms. The fourth-order valence-corrected chi connectivity index (χ4v) is 5.58. The van der Waals surface area contributed by atoms with Gasteiger partial charge in [-0.05, 0) is 28.0 Å². The molecular weight excluding hydrogens is 478 g/mol. The van der Waals surface area contributed by atoms with Gasteiger partial charge >= 0.3 is 0 Å². The lowest BCUT2D eigenvalue weighted by Crippen LogP contribution is -2.32. The molecule has 3 aromatic carbocycles. The first-order valence-electron chi connectivity index (χ1n) is 13.0. The van der Waals surface area contributed by atoms with E-state index in [1.807, 2.05) is 42.6 Å². The van der Waals surface area contributed by atoms with E-state index in [1.165, 1.54) is 5.56 Å². The molecule has 0 bridgehead atoms. The van der Waals surface area contributed by atoms with Crippen molar-refractivity contribution in [2.45, 2.75) is 32.6 Å². The smallest absolute Gasteiger partial charge is 0.272 e. The van der Waals surface area contributed by atoms with E-state index in [0.717, 1.165) is 63.8 Å². The lowest BCUT2D eigenvalue weighted by atomic mass is 10.0. The predicted molar refractivity (Wildman–Crippen MR) is 147 cm³/mol. The maximum atomic E-state index is 13.4. The monoisotopic (exact) mass is 509 g/mol. The third kappa shape index (κ3) is 4.42. The number of methoxy groups -OCH3 is 1. The number of nitrogens with zero attached hydrogens (tertiary/aromatic N) is 3. The molecule has 3 heterocycles. The van der Waals surface area contributed by atoms with E-state index < -0.39 is 0 Å². The molecule has 0 radical (unpaired) electrons. The van der Waals surface area contributed by atoms with Crippen LogP contribution >= 0.6 is 0 Å². The number of carbonyl (C=O) groups is 1. The van der Waals surface area contributed by atoms with Crippen LogP contribution in [0.15, 0.2) is 66.9 Å². The van der Waals surface area contributed by atoms with Crippen LogP contribution in [0.1, 0.15) is 32.9 Å². The molecule has 0 fully saturated rings. The Morgan fingerprint density at radius 2 is 1.89 bits per heavy atom. The molecule has 194 valence electrons. The summed E-state index contributed by atoms with van der Waals surface area (Å²) in [5, 5.41) is 20.8. The SMILES string of the molecule is COc1cccc2c(CN3CCc4c(c(C(=O)NCc5cccc6ccccc56)nn4CCO)C3)c[nH]c12. The number of ether oxygens (including phenoxy) is 1. The van der Waals surface area contributed by atoms with E-state index in [1.54, 1.807) is 11.8 Å². The highest BCUT2D eigenvalue weighted by Gasteiger charge is 2.28. The predicted octanol–water partition coefficient (Wildman–Crippen LogP) is 4.01. The zero-order valence-electron chi connectivity index (χ0n) is 21.4. The van der Waals surface area contributed by atoms with E-state index in [2.05, 4.69) is 44.6 Å². The number of hydrogen-bond donors (Lipinski definition) is 3. The van der Waals surface area contributed by atoms with Crippen molar-refractivity contribution in [1.82, 2.24) is 25.0 Å². The quantitative estimate of drug-likeness (QED) is 0.294. The first-order chi connectivity index (χ1) is 18.7. The molecule has 3 N–H and O–H groups in total. The third-order valence-electron chi connectivity index (χ3n) is 7.44. The van der Waals surface area contributed by atoms with Crippen molar-refractivity contribution < 1.29 is 14.6 Å². The Labute approximate surface area is 220 Å². The fourth-order valence-electron chi connectivity index (χ4n) is 5.58. The third-order valence-corrected chi connectivity index (χ3v) is 7.44. The first kappa shape index (κ1) is 24.2. The van der Waals surface area contributed by atoms with Gasteiger partial charge in [0.25, 0.3) is 5.91 Å². The summed E-state index contributed by atoms with van der Waals surface area (Å²) in [4.78, 5) is 19.1. The highest BCUT2D eigenvalue weighted by atomic mass is 16.5. The molecular formula is C30H31N5O3. The van der Waals surface area contributed by atoms with Gasteiger partial charge < -0.3 is 20.1 Å². The summed E-state index contributed by atoms with van der Waals surface area (Å²) < 4.78 is 7.30. The van der Waals surface area contributed by atoms with Gasteiger partial charge in [-0.25, -0.2) is 0 Å². The highest BCUT2D eigenvalue weighted by Crippen LogP contribution is 2.30. The summed E-state index contributed by atoms with van der Waals surface area (Å²) in [5.41, 5.74) is 5.67. The Hall–Kier alpha value is -4.14. The van der Waals surface area contributed by atoms with Crippen molar-refractivity contribution >= 4 is 27.6 Å². The standard InChI is InChI=1S/C30H31N5O3/c1-38-27-11-5-10-24-22(17-31-28(24)27)18-34-13-12-26-25(19-34)29(33-35(26)14-15-36)30(37)32-16-21-8-4-7-20-6-2-3-9-23(20)21/h2-11,17,31,36H,12-16,18-19H2,1H3,(H,32,37). The second-order valence-corrected chi connectivity index (χ2v) is 9.70. The minimum Gasteiger partial charge on any atom is -0.495 e. The summed E-state index contributed by atoms with van der Waals surface area (Å²) in [6.07, 6.45) is 2.81. The van der Waals surface area contributed by atoms with Crippen LogP contribution in [0.25, 0.3) is 21.7 Å². The number of carbonyl (C=O) groups excluding carboxylic acids is 1. The van der Waals surface area contributed by atoms with E-state index >= 15 is 0 Å². The van der Waals surface area contributed by atoms with Crippen molar-refractivity contribution in [2.24, 2.45) is 0 Å². The van der Waals surface area contributed by atoms with Crippen LogP contribution in [0.3, 0.4) is 0 Å². The Kier molecular flexibility index (Phi) is 6.57. The molecule has 0 spiro atoms. The van der Waals surface area contributed by atoms with Crippen molar-refractivity contribution in [3.05, 3.63) is 94.9 Å². The number of rotatable bonds is 8. The van der Waals surface area contributed by atoms with Crippen molar-refractivity contribution in [3.8, 4) is 5.75 Å². The van der Waals surface area contributed by atoms with Crippen LogP contribution < -0.4 is 10.1 Å². The Balaban J connectivity index is 1.24. The zero-order valence-corrected chi connectivity index (χ0v) is 21.4. The lowest BCUT2D eigenvalue weighted by Gasteiger charge is -2.27. The number of H-pyrrole nitrogens is 1. The molecule has 6 rings (SSSR count). The van der Waals surface area contributed by atoms with E-state index in [-0.39, 0.29) is 12.5 Å². The number of fused-ring (bicyclic) bond motifs is 3. The number of aromatic amines is 1. The Morgan fingerprint density at radius 3 is 2.76 bits per heavy atom. The topological polar surface area (TPSA) is 95.4 Å². The van der Waals surface area contributed by atoms with Gasteiger partial charge in [-0.2, -0.15) is 5.10 Å². The van der Waals surface area contributed by atoms with E-state index in [9.17, 15) is 9.90 Å². The zero-order chi connectivity index (χ0) is 26.1. The van der Waals surface area contributed by atoms with Gasteiger partial charge in [0.05, 0.1) is 25.8 Å². The fraction of sp³-hybridized carbons (Fsp3) is 0.267. The van der Waals surface area contributed by atoms with Crippen molar-refractivity contribution in [3.63, 3.8) is 0 Å². The summed E-state index contributed by atoms with van der Waals surface area (Å²) in [6, 6.07) is 20.4. The molecule has 0 aliphatic carbocycles. The minimum atomic E-state index is -0.190. The number of nitrogens with one attached hydrogen (secondary N) is 2. The van der Waals surface area contributed by atoms with Crippen molar-refractivity contribution in [1.29, 1.82) is 0 Å². The molecule has 1 amide bonds. The number of para-hydroxylation sites is 1. The van der Waals surface area contributed by atoms with Crippen LogP contribution in [0, 0.1) is 0 Å². The minimum absolute atomic E-state index is 0.0218. The summed E-state index contributed by atoms with van der Waals surface area (Å²) in [7, 11) is 1.68. The maximum absolute atomic E-state index is 13.4. The van der Waals surface area contributed by atoms with Crippen LogP contribution in [0.2, 0.25) is 0 Å².